The van der Waals surface area contributed by atoms with Crippen molar-refractivity contribution in [3.8, 4) is 0 Å². The van der Waals surface area contributed by atoms with Crippen molar-refractivity contribution < 1.29 is 83.6 Å². The van der Waals surface area contributed by atoms with E-state index in [9.17, 15) is 50.4 Å². The van der Waals surface area contributed by atoms with E-state index in [2.05, 4.69) is 0 Å². The number of hydrogen-bond acceptors (Lipinski definition) is 20. The van der Waals surface area contributed by atoms with Gasteiger partial charge in [0.15, 0.2) is 18.9 Å². The Balaban J connectivity index is 1.55. The van der Waals surface area contributed by atoms with E-state index in [1.807, 2.05) is 0 Å². The highest BCUT2D eigenvalue weighted by molar-refractivity contribution is 5.92. The van der Waals surface area contributed by atoms with Crippen molar-refractivity contribution in [2.75, 3.05) is 19.8 Å². The van der Waals surface area contributed by atoms with Crippen LogP contribution >= 0.6 is 0 Å². The number of carbonyl (C=O) groups excluding carboxylic acids is 2. The Kier molecular flexibility index (Phi) is 9.86. The lowest BCUT2D eigenvalue weighted by Crippen LogP contribution is -2.79. The van der Waals surface area contributed by atoms with E-state index in [0.717, 1.165) is 0 Å². The largest absolute Gasteiger partial charge is 0.420 e. The monoisotopic (exact) mass is 613 g/mol. The van der Waals surface area contributed by atoms with Crippen LogP contribution in [0.1, 0.15) is 0 Å². The van der Waals surface area contributed by atoms with E-state index in [1.165, 1.54) is 0 Å². The molecule has 14 N–H and O–H groups in total. The van der Waals surface area contributed by atoms with Crippen LogP contribution in [0.3, 0.4) is 0 Å². The smallest absolute Gasteiger partial charge is 0.333 e. The van der Waals surface area contributed by atoms with Gasteiger partial charge in [0, 0.05) is 12.2 Å². The first-order chi connectivity index (χ1) is 19.7. The van der Waals surface area contributed by atoms with Crippen molar-refractivity contribution in [3.63, 3.8) is 0 Å². The van der Waals surface area contributed by atoms with Gasteiger partial charge in [-0.2, -0.15) is 0 Å². The second kappa shape index (κ2) is 12.6. The average molecular weight is 614 g/mol. The van der Waals surface area contributed by atoms with Crippen LogP contribution in [0.2, 0.25) is 0 Å². The van der Waals surface area contributed by atoms with Crippen LogP contribution in [0, 0.1) is 0 Å². The zero-order valence-corrected chi connectivity index (χ0v) is 21.8. The fourth-order valence-electron chi connectivity index (χ4n) is 5.00. The first kappa shape index (κ1) is 32.9. The Morgan fingerprint density at radius 2 is 1.29 bits per heavy atom. The SMILES string of the molecule is N[C@H]1[C@@H](OC2[C@@H](CO)O[C@@H](OC3[C@@H](CO)O[C@@H](O)[C@H](N)[C@H]3O)[C@H](N)[C@H]2O)O[C@]2(CO)OC(=O)/C=C/C(=O)O[C@@]2(O)[C@@H]1O. The third kappa shape index (κ3) is 5.66. The molecule has 42 heavy (non-hydrogen) atoms. The number of nitrogens with two attached hydrogens (primary N) is 3. The van der Waals surface area contributed by atoms with Gasteiger partial charge in [-0.15, -0.1) is 0 Å². The van der Waals surface area contributed by atoms with Crippen LogP contribution in [0.15, 0.2) is 12.2 Å². The van der Waals surface area contributed by atoms with Gasteiger partial charge in [0.2, 0.25) is 0 Å². The van der Waals surface area contributed by atoms with Gasteiger partial charge in [-0.25, -0.2) is 9.59 Å². The molecule has 20 nitrogen and oxygen atoms in total. The highest BCUT2D eigenvalue weighted by Crippen LogP contribution is 2.42. The van der Waals surface area contributed by atoms with E-state index < -0.39 is 123 Å². The van der Waals surface area contributed by atoms with Gasteiger partial charge in [0.05, 0.1) is 31.3 Å². The molecule has 0 saturated carbocycles. The number of aliphatic hydroxyl groups is 8. The maximum absolute atomic E-state index is 12.2. The molecule has 4 aliphatic heterocycles. The summed E-state index contributed by atoms with van der Waals surface area (Å²) in [6.45, 7) is -2.98. The van der Waals surface area contributed by atoms with Gasteiger partial charge in [0.1, 0.15) is 49.3 Å². The summed E-state index contributed by atoms with van der Waals surface area (Å²) in [6, 6.07) is -4.67. The number of ether oxygens (including phenoxy) is 7. The maximum atomic E-state index is 12.2. The second-order valence-corrected chi connectivity index (χ2v) is 10.1. The minimum atomic E-state index is -3.23. The molecule has 0 aliphatic carbocycles. The predicted molar refractivity (Wildman–Crippen MR) is 126 cm³/mol. The number of rotatable bonds is 7. The molecule has 0 aromatic heterocycles. The van der Waals surface area contributed by atoms with Gasteiger partial charge in [-0.1, -0.05) is 0 Å². The summed E-state index contributed by atoms with van der Waals surface area (Å²) in [5.74, 6) is -8.82. The molecule has 0 aromatic rings. The molecule has 0 spiro atoms. The maximum Gasteiger partial charge on any atom is 0.333 e. The van der Waals surface area contributed by atoms with Crippen LogP contribution in [0.4, 0.5) is 0 Å². The third-order valence-corrected chi connectivity index (χ3v) is 7.42. The molecule has 0 aromatic carbocycles. The number of aliphatic hydroxyl groups excluding tert-OH is 7. The van der Waals surface area contributed by atoms with Crippen LogP contribution < -0.4 is 17.2 Å². The first-order valence-electron chi connectivity index (χ1n) is 12.7. The third-order valence-electron chi connectivity index (χ3n) is 7.42. The van der Waals surface area contributed by atoms with Crippen LogP contribution in [-0.4, -0.2) is 164 Å². The van der Waals surface area contributed by atoms with E-state index in [1.54, 1.807) is 0 Å². The van der Waals surface area contributed by atoms with Crippen molar-refractivity contribution in [1.82, 2.24) is 0 Å². The molecule has 0 amide bonds. The predicted octanol–water partition coefficient (Wildman–Crippen LogP) is -8.36. The number of fused-ring (bicyclic) bond motifs is 1. The lowest BCUT2D eigenvalue weighted by atomic mass is 9.89. The summed E-state index contributed by atoms with van der Waals surface area (Å²) < 4.78 is 37.3. The number of hydrogen-bond donors (Lipinski definition) is 11. The van der Waals surface area contributed by atoms with Crippen molar-refractivity contribution >= 4 is 11.9 Å². The molecule has 4 aliphatic rings. The molecule has 0 radical (unpaired) electrons. The summed E-state index contributed by atoms with van der Waals surface area (Å²) >= 11 is 0. The van der Waals surface area contributed by atoms with E-state index in [-0.39, 0.29) is 0 Å². The lowest BCUT2D eigenvalue weighted by Gasteiger charge is -2.53. The standard InChI is InChI=1S/C22H35N3O17/c23-10-13(31)15(6(3-26)36-18(10)34)38-19-11(24)14(32)16(7(4-27)37-19)39-20-12(25)17(33)22(35)21(5-28,42-20)40-8(29)1-2-9(30)41-22/h1-2,6-7,10-20,26-28,31-35H,3-5,23-25H2/b2-1+/t6-,7-,10-,11-,12-,13-,14-,15?,16?,17-,18-,19+,20+,21+,22+/m1/s1. The molecular weight excluding hydrogens is 578 g/mol. The topological polar surface area (TPSA) is 339 Å². The molecule has 0 bridgehead atoms. The van der Waals surface area contributed by atoms with Crippen LogP contribution in [0.25, 0.3) is 0 Å². The molecule has 20 heteroatoms. The molecule has 2 unspecified atom stereocenters. The van der Waals surface area contributed by atoms with Gasteiger partial charge in [0.25, 0.3) is 0 Å². The molecule has 240 valence electrons. The minimum Gasteiger partial charge on any atom is -0.420 e. The fourth-order valence-corrected chi connectivity index (χ4v) is 5.00. The molecule has 3 fully saturated rings. The zero-order valence-electron chi connectivity index (χ0n) is 21.8. The van der Waals surface area contributed by atoms with Crippen molar-refractivity contribution in [1.29, 1.82) is 0 Å². The minimum absolute atomic E-state index is 0.584. The van der Waals surface area contributed by atoms with Gasteiger partial charge >= 0.3 is 23.5 Å². The fraction of sp³-hybridized carbons (Fsp3) is 0.818. The van der Waals surface area contributed by atoms with Gasteiger partial charge in [-0.3, -0.25) is 0 Å². The number of carbonyl (C=O) groups is 2. The summed E-state index contributed by atoms with van der Waals surface area (Å²) in [6.07, 6.45) is -15.5. The average Bonchev–Trinajstić information content (AvgIpc) is 2.96. The summed E-state index contributed by atoms with van der Waals surface area (Å²) in [5, 5.41) is 82.8. The zero-order chi connectivity index (χ0) is 31.1. The second-order valence-electron chi connectivity index (χ2n) is 10.1. The van der Waals surface area contributed by atoms with Crippen LogP contribution in [-0.2, 0) is 42.7 Å². The molecule has 15 atom stereocenters. The Hall–Kier alpha value is -1.96. The lowest BCUT2D eigenvalue weighted by molar-refractivity contribution is -0.466. The van der Waals surface area contributed by atoms with Crippen molar-refractivity contribution in [2.45, 2.75) is 91.3 Å². The van der Waals surface area contributed by atoms with Gasteiger partial charge < -0.3 is 91.2 Å². The first-order valence-corrected chi connectivity index (χ1v) is 12.7. The molecular formula is C22H35N3O17. The van der Waals surface area contributed by atoms with Crippen molar-refractivity contribution in [2.24, 2.45) is 17.2 Å². The van der Waals surface area contributed by atoms with E-state index in [0.29, 0.717) is 12.2 Å². The summed E-state index contributed by atoms with van der Waals surface area (Å²) in [4.78, 5) is 24.2. The summed E-state index contributed by atoms with van der Waals surface area (Å²) in [5.41, 5.74) is 17.8. The van der Waals surface area contributed by atoms with Gasteiger partial charge in [-0.05, 0) is 0 Å². The van der Waals surface area contributed by atoms with E-state index in [4.69, 9.17) is 50.4 Å². The normalized spacial score (nSPS) is 50.6. The summed E-state index contributed by atoms with van der Waals surface area (Å²) in [7, 11) is 0. The Labute approximate surface area is 236 Å². The molecule has 3 saturated heterocycles. The molecule has 4 heterocycles. The number of esters is 2. The molecule has 4 rings (SSSR count). The highest BCUT2D eigenvalue weighted by atomic mass is 16.8. The van der Waals surface area contributed by atoms with Crippen LogP contribution in [0.5, 0.6) is 0 Å². The Morgan fingerprint density at radius 1 is 0.762 bits per heavy atom. The Bertz CT molecular complexity index is 1020. The van der Waals surface area contributed by atoms with Crippen molar-refractivity contribution in [3.05, 3.63) is 12.2 Å². The quantitative estimate of drug-likeness (QED) is 0.119. The van der Waals surface area contributed by atoms with E-state index >= 15 is 0 Å². The Morgan fingerprint density at radius 3 is 1.86 bits per heavy atom. The highest BCUT2D eigenvalue weighted by Gasteiger charge is 2.70.